The van der Waals surface area contributed by atoms with Gasteiger partial charge in [0.2, 0.25) is 5.91 Å². The summed E-state index contributed by atoms with van der Waals surface area (Å²) in [6.45, 7) is 5.78. The minimum absolute atomic E-state index is 0.220. The molecule has 5 nitrogen and oxygen atoms in total. The van der Waals surface area contributed by atoms with Crippen LogP contribution in [0.4, 0.5) is 0 Å². The van der Waals surface area contributed by atoms with Crippen molar-refractivity contribution in [2.75, 3.05) is 6.61 Å². The molecular formula is C14H20N2O3. The fraction of sp³-hybridized carbons (Fsp3) is 0.429. The van der Waals surface area contributed by atoms with Crippen molar-refractivity contribution >= 4 is 11.9 Å². The number of benzene rings is 1. The van der Waals surface area contributed by atoms with Gasteiger partial charge < -0.3 is 15.8 Å². The van der Waals surface area contributed by atoms with Gasteiger partial charge in [0.1, 0.15) is 0 Å². The molecule has 0 bridgehead atoms. The van der Waals surface area contributed by atoms with E-state index in [9.17, 15) is 9.59 Å². The molecule has 0 heterocycles. The Hall–Kier alpha value is -1.88. The van der Waals surface area contributed by atoms with Crippen LogP contribution in [-0.4, -0.2) is 24.0 Å². The first-order valence-corrected chi connectivity index (χ1v) is 6.18. The second-order valence-electron chi connectivity index (χ2n) is 4.82. The number of hydrogen-bond acceptors (Lipinski definition) is 4. The van der Waals surface area contributed by atoms with Crippen LogP contribution < -0.4 is 11.1 Å². The van der Waals surface area contributed by atoms with Gasteiger partial charge in [-0.3, -0.25) is 4.79 Å². The molecule has 0 unspecified atom stereocenters. The zero-order valence-electron chi connectivity index (χ0n) is 11.5. The Morgan fingerprint density at radius 2 is 1.84 bits per heavy atom. The van der Waals surface area contributed by atoms with Gasteiger partial charge in [-0.25, -0.2) is 4.79 Å². The third-order valence-electron chi connectivity index (χ3n) is 2.50. The lowest BCUT2D eigenvalue weighted by Crippen LogP contribution is -2.48. The molecule has 0 fully saturated rings. The summed E-state index contributed by atoms with van der Waals surface area (Å²) in [4.78, 5) is 23.0. The molecule has 0 saturated carbocycles. The van der Waals surface area contributed by atoms with Crippen molar-refractivity contribution < 1.29 is 14.3 Å². The number of carbonyl (C=O) groups is 2. The monoisotopic (exact) mass is 264 g/mol. The van der Waals surface area contributed by atoms with Crippen LogP contribution in [-0.2, 0) is 16.1 Å². The van der Waals surface area contributed by atoms with Crippen LogP contribution in [0, 0.1) is 0 Å². The molecule has 0 aliphatic rings. The molecule has 0 radical (unpaired) electrons. The number of nitrogens with one attached hydrogen (secondary N) is 1. The van der Waals surface area contributed by atoms with Gasteiger partial charge in [-0.2, -0.15) is 0 Å². The van der Waals surface area contributed by atoms with E-state index in [0.717, 1.165) is 5.56 Å². The standard InChI is InChI=1S/C14H20N2O3/c1-4-19-12(17)11-7-5-10(6-8-11)9-16-13(18)14(2,3)15/h5-8H,4,9,15H2,1-3H3,(H,16,18). The van der Waals surface area contributed by atoms with Crippen molar-refractivity contribution in [3.63, 3.8) is 0 Å². The summed E-state index contributed by atoms with van der Waals surface area (Å²) in [6.07, 6.45) is 0. The van der Waals surface area contributed by atoms with Crippen molar-refractivity contribution in [3.05, 3.63) is 35.4 Å². The summed E-state index contributed by atoms with van der Waals surface area (Å²) in [6, 6.07) is 6.90. The van der Waals surface area contributed by atoms with E-state index >= 15 is 0 Å². The second-order valence-corrected chi connectivity index (χ2v) is 4.82. The van der Waals surface area contributed by atoms with Gasteiger partial charge in [-0.05, 0) is 38.5 Å². The minimum atomic E-state index is -0.898. The Morgan fingerprint density at radius 3 is 2.32 bits per heavy atom. The third kappa shape index (κ3) is 4.71. The highest BCUT2D eigenvalue weighted by atomic mass is 16.5. The first kappa shape index (κ1) is 15.2. The highest BCUT2D eigenvalue weighted by Crippen LogP contribution is 2.06. The summed E-state index contributed by atoms with van der Waals surface area (Å²) in [5.41, 5.74) is 6.16. The van der Waals surface area contributed by atoms with Crippen LogP contribution in [0.2, 0.25) is 0 Å². The molecule has 0 saturated heterocycles. The van der Waals surface area contributed by atoms with E-state index in [1.807, 2.05) is 0 Å². The molecule has 5 heteroatoms. The number of hydrogen-bond donors (Lipinski definition) is 2. The summed E-state index contributed by atoms with van der Waals surface area (Å²) >= 11 is 0. The number of nitrogens with two attached hydrogens (primary N) is 1. The fourth-order valence-electron chi connectivity index (χ4n) is 1.38. The summed E-state index contributed by atoms with van der Waals surface area (Å²) in [5, 5.41) is 2.73. The van der Waals surface area contributed by atoms with E-state index in [0.29, 0.717) is 18.7 Å². The quantitative estimate of drug-likeness (QED) is 0.783. The predicted molar refractivity (Wildman–Crippen MR) is 72.5 cm³/mol. The molecule has 1 amide bonds. The van der Waals surface area contributed by atoms with E-state index in [1.165, 1.54) is 0 Å². The SMILES string of the molecule is CCOC(=O)c1ccc(CNC(=O)C(C)(C)N)cc1. The van der Waals surface area contributed by atoms with Gasteiger partial charge >= 0.3 is 5.97 Å². The third-order valence-corrected chi connectivity index (χ3v) is 2.50. The number of ether oxygens (including phenoxy) is 1. The van der Waals surface area contributed by atoms with Crippen molar-refractivity contribution in [1.82, 2.24) is 5.32 Å². The molecule has 19 heavy (non-hydrogen) atoms. The lowest BCUT2D eigenvalue weighted by molar-refractivity contribution is -0.125. The Labute approximate surface area is 113 Å². The van der Waals surface area contributed by atoms with E-state index in [4.69, 9.17) is 10.5 Å². The van der Waals surface area contributed by atoms with Crippen LogP contribution in [0.1, 0.15) is 36.7 Å². The fourth-order valence-corrected chi connectivity index (χ4v) is 1.38. The van der Waals surface area contributed by atoms with Crippen LogP contribution in [0.15, 0.2) is 24.3 Å². The topological polar surface area (TPSA) is 81.4 Å². The van der Waals surface area contributed by atoms with Crippen molar-refractivity contribution in [1.29, 1.82) is 0 Å². The Bertz CT molecular complexity index is 447. The molecule has 0 aromatic heterocycles. The van der Waals surface area contributed by atoms with Crippen LogP contribution in [0.3, 0.4) is 0 Å². The smallest absolute Gasteiger partial charge is 0.338 e. The zero-order chi connectivity index (χ0) is 14.5. The highest BCUT2D eigenvalue weighted by molar-refractivity contribution is 5.89. The molecule has 104 valence electrons. The van der Waals surface area contributed by atoms with Crippen molar-refractivity contribution in [3.8, 4) is 0 Å². The Morgan fingerprint density at radius 1 is 1.26 bits per heavy atom. The number of esters is 1. The van der Waals surface area contributed by atoms with E-state index in [2.05, 4.69) is 5.32 Å². The van der Waals surface area contributed by atoms with Gasteiger partial charge in [0, 0.05) is 6.54 Å². The average Bonchev–Trinajstić information content (AvgIpc) is 2.35. The van der Waals surface area contributed by atoms with E-state index in [1.54, 1.807) is 45.0 Å². The minimum Gasteiger partial charge on any atom is -0.462 e. The maximum atomic E-state index is 11.6. The van der Waals surface area contributed by atoms with Crippen LogP contribution >= 0.6 is 0 Å². The molecule has 1 rings (SSSR count). The first-order valence-electron chi connectivity index (χ1n) is 6.18. The largest absolute Gasteiger partial charge is 0.462 e. The summed E-state index contributed by atoms with van der Waals surface area (Å²) in [7, 11) is 0. The summed E-state index contributed by atoms with van der Waals surface area (Å²) in [5.74, 6) is -0.567. The molecule has 0 atom stereocenters. The summed E-state index contributed by atoms with van der Waals surface area (Å²) < 4.78 is 4.89. The molecule has 0 aliphatic heterocycles. The lowest BCUT2D eigenvalue weighted by Gasteiger charge is -2.17. The lowest BCUT2D eigenvalue weighted by atomic mass is 10.1. The van der Waals surface area contributed by atoms with Crippen molar-refractivity contribution in [2.45, 2.75) is 32.9 Å². The van der Waals surface area contributed by atoms with E-state index < -0.39 is 5.54 Å². The molecule has 3 N–H and O–H groups in total. The van der Waals surface area contributed by atoms with Crippen LogP contribution in [0.25, 0.3) is 0 Å². The second kappa shape index (κ2) is 6.33. The molecular weight excluding hydrogens is 244 g/mol. The highest BCUT2D eigenvalue weighted by Gasteiger charge is 2.21. The van der Waals surface area contributed by atoms with Gasteiger partial charge in [0.25, 0.3) is 0 Å². The van der Waals surface area contributed by atoms with Gasteiger partial charge in [0.15, 0.2) is 0 Å². The number of carbonyl (C=O) groups excluding carboxylic acids is 2. The molecule has 0 spiro atoms. The van der Waals surface area contributed by atoms with Crippen molar-refractivity contribution in [2.24, 2.45) is 5.73 Å². The van der Waals surface area contributed by atoms with E-state index in [-0.39, 0.29) is 11.9 Å². The Kier molecular flexibility index (Phi) is 5.06. The van der Waals surface area contributed by atoms with Gasteiger partial charge in [-0.15, -0.1) is 0 Å². The maximum absolute atomic E-state index is 11.6. The predicted octanol–water partition coefficient (Wildman–Crippen LogP) is 1.22. The molecule has 1 aromatic carbocycles. The molecule has 1 aromatic rings. The molecule has 0 aliphatic carbocycles. The van der Waals surface area contributed by atoms with Gasteiger partial charge in [-0.1, -0.05) is 12.1 Å². The average molecular weight is 264 g/mol. The Balaban J connectivity index is 2.58. The normalized spacial score (nSPS) is 10.9. The maximum Gasteiger partial charge on any atom is 0.338 e. The van der Waals surface area contributed by atoms with Gasteiger partial charge in [0.05, 0.1) is 17.7 Å². The van der Waals surface area contributed by atoms with Crippen LogP contribution in [0.5, 0.6) is 0 Å². The first-order chi connectivity index (χ1) is 8.84. The zero-order valence-corrected chi connectivity index (χ0v) is 11.5. The number of rotatable bonds is 5. The number of amides is 1.